The Balaban J connectivity index is 1.78. The normalized spacial score (nSPS) is 30.9. The van der Waals surface area contributed by atoms with Crippen LogP contribution in [0.25, 0.3) is 0 Å². The minimum absolute atomic E-state index is 0.147. The molecule has 112 valence electrons. The number of carboxylic acid groups (broad SMARTS) is 1. The molecule has 0 heterocycles. The molecule has 0 aromatic heterocycles. The topological polar surface area (TPSA) is 108 Å². The molecule has 0 aliphatic heterocycles. The molecule has 2 saturated carbocycles. The molecule has 0 aromatic rings. The third-order valence-corrected chi connectivity index (χ3v) is 4.28. The van der Waals surface area contributed by atoms with Crippen molar-refractivity contribution >= 4 is 17.9 Å². The highest BCUT2D eigenvalue weighted by atomic mass is 16.4. The van der Waals surface area contributed by atoms with Crippen LogP contribution in [0.15, 0.2) is 0 Å². The van der Waals surface area contributed by atoms with Crippen LogP contribution in [0.3, 0.4) is 0 Å². The van der Waals surface area contributed by atoms with Gasteiger partial charge in [-0.3, -0.25) is 9.59 Å². The van der Waals surface area contributed by atoms with E-state index in [4.69, 9.17) is 0 Å². The van der Waals surface area contributed by atoms with Crippen molar-refractivity contribution in [1.29, 1.82) is 0 Å². The van der Waals surface area contributed by atoms with E-state index in [1.54, 1.807) is 0 Å². The summed E-state index contributed by atoms with van der Waals surface area (Å²) in [5.41, 5.74) is 0. The van der Waals surface area contributed by atoms with E-state index < -0.39 is 11.9 Å². The summed E-state index contributed by atoms with van der Waals surface area (Å²) >= 11 is 0. The molecule has 2 aliphatic rings. The molecule has 7 heteroatoms. The van der Waals surface area contributed by atoms with E-state index in [2.05, 4.69) is 16.0 Å². The molecule has 0 aromatic carbocycles. The summed E-state index contributed by atoms with van der Waals surface area (Å²) in [6, 6.07) is -0.633. The van der Waals surface area contributed by atoms with Crippen LogP contribution in [-0.2, 0) is 9.59 Å². The van der Waals surface area contributed by atoms with Gasteiger partial charge in [0.15, 0.2) is 0 Å². The van der Waals surface area contributed by atoms with Crippen LogP contribution in [0.2, 0.25) is 0 Å². The molecule has 4 N–H and O–H groups in total. The first-order valence-corrected chi connectivity index (χ1v) is 7.00. The van der Waals surface area contributed by atoms with Gasteiger partial charge in [0, 0.05) is 26.1 Å². The van der Waals surface area contributed by atoms with Crippen LogP contribution in [0.5, 0.6) is 0 Å². The van der Waals surface area contributed by atoms with Gasteiger partial charge in [-0.05, 0) is 31.1 Å². The van der Waals surface area contributed by atoms with Crippen LogP contribution in [0.1, 0.15) is 26.2 Å². The molecular formula is C13H21N3O4. The van der Waals surface area contributed by atoms with Crippen molar-refractivity contribution in [2.24, 2.45) is 17.8 Å². The van der Waals surface area contributed by atoms with Crippen LogP contribution < -0.4 is 16.0 Å². The number of fused-ring (bicyclic) bond motifs is 2. The Morgan fingerprint density at radius 2 is 1.75 bits per heavy atom. The van der Waals surface area contributed by atoms with Gasteiger partial charge in [0.25, 0.3) is 0 Å². The number of rotatable bonds is 5. The second-order valence-corrected chi connectivity index (χ2v) is 5.61. The van der Waals surface area contributed by atoms with Gasteiger partial charge in [0.2, 0.25) is 5.91 Å². The molecule has 0 spiro atoms. The molecule has 2 bridgehead atoms. The number of amides is 3. The molecule has 7 nitrogen and oxygen atoms in total. The van der Waals surface area contributed by atoms with E-state index in [-0.39, 0.29) is 29.8 Å². The minimum atomic E-state index is -0.819. The average Bonchev–Trinajstić information content (AvgIpc) is 2.94. The highest BCUT2D eigenvalue weighted by Crippen LogP contribution is 2.48. The van der Waals surface area contributed by atoms with Crippen LogP contribution in [-0.4, -0.2) is 42.1 Å². The second kappa shape index (κ2) is 6.11. The summed E-state index contributed by atoms with van der Waals surface area (Å²) in [6.07, 6.45) is 2.84. The largest absolute Gasteiger partial charge is 0.481 e. The van der Waals surface area contributed by atoms with Gasteiger partial charge in [-0.25, -0.2) is 4.79 Å². The van der Waals surface area contributed by atoms with Gasteiger partial charge in [-0.2, -0.15) is 0 Å². The van der Waals surface area contributed by atoms with Crippen molar-refractivity contribution in [3.05, 3.63) is 0 Å². The standard InChI is InChI=1S/C13H21N3O4/c1-7(17)14-4-5-15-13(20)16-11-9-3-2-8(6-9)10(11)12(18)19/h8-11H,2-6H2,1H3,(H,14,17)(H,18,19)(H2,15,16,20). The highest BCUT2D eigenvalue weighted by molar-refractivity contribution is 5.77. The van der Waals surface area contributed by atoms with E-state index >= 15 is 0 Å². The van der Waals surface area contributed by atoms with E-state index in [1.807, 2.05) is 0 Å². The summed E-state index contributed by atoms with van der Waals surface area (Å²) in [5, 5.41) is 17.3. The van der Waals surface area contributed by atoms with E-state index in [0.717, 1.165) is 19.3 Å². The first-order chi connectivity index (χ1) is 9.49. The second-order valence-electron chi connectivity index (χ2n) is 5.61. The first-order valence-electron chi connectivity index (χ1n) is 7.00. The Hall–Kier alpha value is -1.79. The molecule has 4 unspecified atom stereocenters. The zero-order valence-corrected chi connectivity index (χ0v) is 11.5. The number of carboxylic acids is 1. The monoisotopic (exact) mass is 283 g/mol. The van der Waals surface area contributed by atoms with Gasteiger partial charge < -0.3 is 21.1 Å². The first kappa shape index (κ1) is 14.6. The molecule has 0 radical (unpaired) electrons. The number of urea groups is 1. The Morgan fingerprint density at radius 1 is 1.10 bits per heavy atom. The maximum atomic E-state index is 11.8. The number of carbonyl (C=O) groups is 3. The van der Waals surface area contributed by atoms with Gasteiger partial charge in [0.1, 0.15) is 0 Å². The quantitative estimate of drug-likeness (QED) is 0.529. The number of carbonyl (C=O) groups excluding carboxylic acids is 2. The fourth-order valence-electron chi connectivity index (χ4n) is 3.47. The van der Waals surface area contributed by atoms with E-state index in [0.29, 0.717) is 13.1 Å². The molecule has 0 saturated heterocycles. The summed E-state index contributed by atoms with van der Waals surface area (Å²) in [6.45, 7) is 2.10. The summed E-state index contributed by atoms with van der Waals surface area (Å²) in [5.74, 6) is -0.953. The number of aliphatic carboxylic acids is 1. The zero-order valence-electron chi connectivity index (χ0n) is 11.5. The Kier molecular flexibility index (Phi) is 4.46. The molecule has 2 rings (SSSR count). The molecule has 4 atom stereocenters. The van der Waals surface area contributed by atoms with Crippen molar-refractivity contribution in [2.75, 3.05) is 13.1 Å². The van der Waals surface area contributed by atoms with Crippen molar-refractivity contribution in [1.82, 2.24) is 16.0 Å². The van der Waals surface area contributed by atoms with Crippen LogP contribution in [0.4, 0.5) is 4.79 Å². The average molecular weight is 283 g/mol. The fraction of sp³-hybridized carbons (Fsp3) is 0.769. The van der Waals surface area contributed by atoms with Crippen LogP contribution >= 0.6 is 0 Å². The van der Waals surface area contributed by atoms with Crippen molar-refractivity contribution in [3.8, 4) is 0 Å². The van der Waals surface area contributed by atoms with Crippen molar-refractivity contribution < 1.29 is 19.5 Å². The van der Waals surface area contributed by atoms with E-state index in [1.165, 1.54) is 6.92 Å². The molecule has 20 heavy (non-hydrogen) atoms. The van der Waals surface area contributed by atoms with Gasteiger partial charge in [-0.15, -0.1) is 0 Å². The number of hydrogen-bond acceptors (Lipinski definition) is 3. The summed E-state index contributed by atoms with van der Waals surface area (Å²) < 4.78 is 0. The van der Waals surface area contributed by atoms with Gasteiger partial charge in [-0.1, -0.05) is 0 Å². The zero-order chi connectivity index (χ0) is 14.7. The number of hydrogen-bond donors (Lipinski definition) is 4. The molecule has 2 aliphatic carbocycles. The lowest BCUT2D eigenvalue weighted by Gasteiger charge is -2.28. The van der Waals surface area contributed by atoms with Crippen LogP contribution in [0, 0.1) is 17.8 Å². The van der Waals surface area contributed by atoms with E-state index in [9.17, 15) is 19.5 Å². The fourth-order valence-corrected chi connectivity index (χ4v) is 3.47. The third kappa shape index (κ3) is 3.20. The summed E-state index contributed by atoms with van der Waals surface area (Å²) in [7, 11) is 0. The predicted molar refractivity (Wildman–Crippen MR) is 71.0 cm³/mol. The maximum absolute atomic E-state index is 11.8. The predicted octanol–water partition coefficient (Wildman–Crippen LogP) is -0.0790. The lowest BCUT2D eigenvalue weighted by molar-refractivity contribution is -0.144. The number of nitrogens with one attached hydrogen (secondary N) is 3. The highest BCUT2D eigenvalue weighted by Gasteiger charge is 2.51. The lowest BCUT2D eigenvalue weighted by Crippen LogP contribution is -2.51. The summed E-state index contributed by atoms with van der Waals surface area (Å²) in [4.78, 5) is 33.7. The Morgan fingerprint density at radius 3 is 2.40 bits per heavy atom. The molecule has 3 amide bonds. The van der Waals surface area contributed by atoms with Gasteiger partial charge in [0.05, 0.1) is 5.92 Å². The minimum Gasteiger partial charge on any atom is -0.481 e. The SMILES string of the molecule is CC(=O)NCCNC(=O)NC1C2CCC(C2)C1C(=O)O. The van der Waals surface area contributed by atoms with Crippen molar-refractivity contribution in [3.63, 3.8) is 0 Å². The maximum Gasteiger partial charge on any atom is 0.315 e. The smallest absolute Gasteiger partial charge is 0.315 e. The van der Waals surface area contributed by atoms with Gasteiger partial charge >= 0.3 is 12.0 Å². The lowest BCUT2D eigenvalue weighted by atomic mass is 9.84. The van der Waals surface area contributed by atoms with Crippen molar-refractivity contribution in [2.45, 2.75) is 32.2 Å². The Bertz CT molecular complexity index is 412. The third-order valence-electron chi connectivity index (χ3n) is 4.28. The Labute approximate surface area is 117 Å². The molecular weight excluding hydrogens is 262 g/mol. The molecule has 2 fully saturated rings.